The Labute approximate surface area is 185 Å². The van der Waals surface area contributed by atoms with E-state index in [2.05, 4.69) is 38.1 Å². The number of carbonyl (C=O) groups excluding carboxylic acids is 1. The number of ether oxygens (including phenoxy) is 3. The second-order valence-electron chi connectivity index (χ2n) is 9.37. The van der Waals surface area contributed by atoms with Crippen molar-refractivity contribution in [3.05, 3.63) is 46.7 Å². The zero-order valence-corrected chi connectivity index (χ0v) is 19.1. The number of rotatable bonds is 9. The maximum atomic E-state index is 12.1. The quantitative estimate of drug-likeness (QED) is 0.514. The summed E-state index contributed by atoms with van der Waals surface area (Å²) < 4.78 is 17.7. The third-order valence-corrected chi connectivity index (χ3v) is 6.74. The molecule has 0 amide bonds. The maximum Gasteiger partial charge on any atom is 0.314 e. The molecule has 1 aromatic carbocycles. The van der Waals surface area contributed by atoms with Gasteiger partial charge in [0.25, 0.3) is 0 Å². The lowest BCUT2D eigenvalue weighted by atomic mass is 9.94. The van der Waals surface area contributed by atoms with Crippen LogP contribution in [0.25, 0.3) is 0 Å². The van der Waals surface area contributed by atoms with Gasteiger partial charge in [0.2, 0.25) is 0 Å². The minimum Gasteiger partial charge on any atom is -0.465 e. The van der Waals surface area contributed by atoms with E-state index < -0.39 is 0 Å². The highest BCUT2D eigenvalue weighted by atomic mass is 16.5. The average Bonchev–Trinajstić information content (AvgIpc) is 3.47. The van der Waals surface area contributed by atoms with E-state index in [1.54, 1.807) is 0 Å². The van der Waals surface area contributed by atoms with Crippen LogP contribution in [0.2, 0.25) is 0 Å². The SMILES string of the molecule is CCOC(=O)C1(CO[C@@H]2CCC[C@H](OCC3=C(C)CC(c4cccc(C)c4)=N3)C2)CC1. The zero-order chi connectivity index (χ0) is 21.8. The monoisotopic (exact) mass is 425 g/mol. The van der Waals surface area contributed by atoms with Crippen LogP contribution in [-0.2, 0) is 19.0 Å². The van der Waals surface area contributed by atoms with Gasteiger partial charge in [-0.1, -0.05) is 29.8 Å². The van der Waals surface area contributed by atoms with Crippen molar-refractivity contribution in [2.75, 3.05) is 19.8 Å². The first kappa shape index (κ1) is 22.2. The van der Waals surface area contributed by atoms with Crippen LogP contribution in [0.4, 0.5) is 0 Å². The first-order chi connectivity index (χ1) is 15.0. The minimum absolute atomic E-state index is 0.0930. The second kappa shape index (κ2) is 9.66. The van der Waals surface area contributed by atoms with Gasteiger partial charge in [-0.25, -0.2) is 0 Å². The van der Waals surface area contributed by atoms with Crippen LogP contribution < -0.4 is 0 Å². The second-order valence-corrected chi connectivity index (χ2v) is 9.37. The normalized spacial score (nSPS) is 24.8. The average molecular weight is 426 g/mol. The smallest absolute Gasteiger partial charge is 0.314 e. The van der Waals surface area contributed by atoms with E-state index in [4.69, 9.17) is 19.2 Å². The van der Waals surface area contributed by atoms with Crippen LogP contribution >= 0.6 is 0 Å². The van der Waals surface area contributed by atoms with Crippen LogP contribution in [0.1, 0.15) is 69.9 Å². The molecule has 1 heterocycles. The number of allylic oxidation sites excluding steroid dienone is 1. The van der Waals surface area contributed by atoms with E-state index in [1.807, 2.05) is 6.92 Å². The number of aliphatic imine (C=N–C) groups is 1. The first-order valence-corrected chi connectivity index (χ1v) is 11.7. The Morgan fingerprint density at radius 1 is 1.16 bits per heavy atom. The van der Waals surface area contributed by atoms with Gasteiger partial charge in [-0.2, -0.15) is 0 Å². The van der Waals surface area contributed by atoms with Gasteiger partial charge in [-0.3, -0.25) is 9.79 Å². The number of esters is 1. The minimum atomic E-state index is -0.378. The topological polar surface area (TPSA) is 57.1 Å². The lowest BCUT2D eigenvalue weighted by Gasteiger charge is -2.30. The molecule has 0 bridgehead atoms. The number of hydrogen-bond donors (Lipinski definition) is 0. The van der Waals surface area contributed by atoms with Crippen molar-refractivity contribution in [3.63, 3.8) is 0 Å². The Hall–Kier alpha value is -1.98. The molecular formula is C26H35NO4. The molecule has 2 atom stereocenters. The van der Waals surface area contributed by atoms with E-state index in [1.165, 1.54) is 16.7 Å². The molecule has 1 aromatic rings. The van der Waals surface area contributed by atoms with Crippen LogP contribution in [0, 0.1) is 12.3 Å². The van der Waals surface area contributed by atoms with Gasteiger partial charge >= 0.3 is 5.97 Å². The summed E-state index contributed by atoms with van der Waals surface area (Å²) in [4.78, 5) is 17.0. The summed E-state index contributed by atoms with van der Waals surface area (Å²) in [5.41, 5.74) is 5.58. The Morgan fingerprint density at radius 2 is 1.94 bits per heavy atom. The molecule has 0 saturated heterocycles. The highest BCUT2D eigenvalue weighted by molar-refractivity contribution is 6.04. The van der Waals surface area contributed by atoms with Gasteiger partial charge in [0.15, 0.2) is 0 Å². The Kier molecular flexibility index (Phi) is 6.92. The summed E-state index contributed by atoms with van der Waals surface area (Å²) in [7, 11) is 0. The van der Waals surface area contributed by atoms with Crippen LogP contribution in [0.5, 0.6) is 0 Å². The molecule has 5 heteroatoms. The molecule has 0 spiro atoms. The summed E-state index contributed by atoms with van der Waals surface area (Å²) in [5, 5.41) is 0. The van der Waals surface area contributed by atoms with Crippen LogP contribution in [0.3, 0.4) is 0 Å². The Balaban J connectivity index is 1.26. The van der Waals surface area contributed by atoms with E-state index in [0.29, 0.717) is 19.8 Å². The van der Waals surface area contributed by atoms with Gasteiger partial charge in [0, 0.05) is 6.42 Å². The van der Waals surface area contributed by atoms with Crippen molar-refractivity contribution < 1.29 is 19.0 Å². The van der Waals surface area contributed by atoms with Gasteiger partial charge in [-0.15, -0.1) is 0 Å². The molecule has 31 heavy (non-hydrogen) atoms. The molecular weight excluding hydrogens is 390 g/mol. The molecule has 0 radical (unpaired) electrons. The van der Waals surface area contributed by atoms with Crippen molar-refractivity contribution in [2.24, 2.45) is 10.4 Å². The van der Waals surface area contributed by atoms with Crippen LogP contribution in [-0.4, -0.2) is 43.7 Å². The number of benzene rings is 1. The molecule has 2 fully saturated rings. The number of carbonyl (C=O) groups is 1. The predicted molar refractivity (Wildman–Crippen MR) is 121 cm³/mol. The predicted octanol–water partition coefficient (Wildman–Crippen LogP) is 5.15. The van der Waals surface area contributed by atoms with E-state index in [-0.39, 0.29) is 23.6 Å². The van der Waals surface area contributed by atoms with Gasteiger partial charge in [0.1, 0.15) is 0 Å². The van der Waals surface area contributed by atoms with Gasteiger partial charge in [0.05, 0.1) is 48.9 Å². The summed E-state index contributed by atoms with van der Waals surface area (Å²) in [6.07, 6.45) is 7.09. The Morgan fingerprint density at radius 3 is 2.65 bits per heavy atom. The molecule has 4 rings (SSSR count). The summed E-state index contributed by atoms with van der Waals surface area (Å²) in [6.45, 7) is 7.60. The van der Waals surface area contributed by atoms with Gasteiger partial charge < -0.3 is 14.2 Å². The summed E-state index contributed by atoms with van der Waals surface area (Å²) in [6, 6.07) is 8.53. The molecule has 2 saturated carbocycles. The Bertz CT molecular complexity index is 868. The third kappa shape index (κ3) is 5.45. The molecule has 0 aromatic heterocycles. The van der Waals surface area contributed by atoms with Crippen LogP contribution in [0.15, 0.2) is 40.5 Å². The lowest BCUT2D eigenvalue weighted by molar-refractivity contribution is -0.154. The van der Waals surface area contributed by atoms with Gasteiger partial charge in [-0.05, 0) is 70.4 Å². The molecule has 5 nitrogen and oxygen atoms in total. The maximum absolute atomic E-state index is 12.1. The summed E-state index contributed by atoms with van der Waals surface area (Å²) >= 11 is 0. The fourth-order valence-electron chi connectivity index (χ4n) is 4.52. The van der Waals surface area contributed by atoms with Crippen molar-refractivity contribution in [1.29, 1.82) is 0 Å². The molecule has 2 aliphatic carbocycles. The zero-order valence-electron chi connectivity index (χ0n) is 19.1. The standard InChI is InChI=1S/C26H35NO4/c1-4-29-25(28)26(11-12-26)17-31-22-10-6-9-21(15-22)30-16-24-19(3)14-23(27-24)20-8-5-7-18(2)13-20/h5,7-8,13,21-22H,4,6,9-12,14-17H2,1-3H3/t21-,22+/m0/s1. The van der Waals surface area contributed by atoms with E-state index >= 15 is 0 Å². The molecule has 1 aliphatic heterocycles. The number of nitrogens with zero attached hydrogens (tertiary/aromatic N) is 1. The van der Waals surface area contributed by atoms with Crippen molar-refractivity contribution >= 4 is 11.7 Å². The van der Waals surface area contributed by atoms with Crippen molar-refractivity contribution in [1.82, 2.24) is 0 Å². The third-order valence-electron chi connectivity index (χ3n) is 6.74. The molecule has 0 N–H and O–H groups in total. The molecule has 3 aliphatic rings. The fraction of sp³-hybridized carbons (Fsp3) is 0.615. The molecule has 168 valence electrons. The van der Waals surface area contributed by atoms with Crippen molar-refractivity contribution in [2.45, 2.75) is 77.9 Å². The van der Waals surface area contributed by atoms with E-state index in [0.717, 1.165) is 56.4 Å². The summed E-state index contributed by atoms with van der Waals surface area (Å²) in [5.74, 6) is -0.0930. The fourth-order valence-corrected chi connectivity index (χ4v) is 4.52. The lowest BCUT2D eigenvalue weighted by Crippen LogP contribution is -2.32. The number of hydrogen-bond acceptors (Lipinski definition) is 5. The largest absolute Gasteiger partial charge is 0.465 e. The highest BCUT2D eigenvalue weighted by Crippen LogP contribution is 2.47. The van der Waals surface area contributed by atoms with Crippen molar-refractivity contribution in [3.8, 4) is 0 Å². The number of aryl methyl sites for hydroxylation is 1. The van der Waals surface area contributed by atoms with E-state index in [9.17, 15) is 4.79 Å². The molecule has 0 unspecified atom stereocenters. The first-order valence-electron chi connectivity index (χ1n) is 11.7. The highest BCUT2D eigenvalue weighted by Gasteiger charge is 2.52.